The first kappa shape index (κ1) is 35.8. The first-order valence-electron chi connectivity index (χ1n) is 17.6. The van der Waals surface area contributed by atoms with Crippen LogP contribution in [0.25, 0.3) is 0 Å². The molecule has 2 N–H and O–H groups in total. The summed E-state index contributed by atoms with van der Waals surface area (Å²) in [5.74, 6) is -1.07. The molecule has 0 aliphatic heterocycles. The number of rotatable bonds is 11. The van der Waals surface area contributed by atoms with Gasteiger partial charge in [-0.2, -0.15) is 10.5 Å². The van der Waals surface area contributed by atoms with Crippen LogP contribution >= 0.6 is 0 Å². The third kappa shape index (κ3) is 9.57. The van der Waals surface area contributed by atoms with Crippen molar-refractivity contribution in [3.8, 4) is 12.1 Å². The van der Waals surface area contributed by atoms with Crippen molar-refractivity contribution in [2.24, 2.45) is 0 Å². The number of amides is 2. The summed E-state index contributed by atoms with van der Waals surface area (Å²) in [6.45, 7) is 0. The molecule has 2 saturated carbocycles. The van der Waals surface area contributed by atoms with Crippen molar-refractivity contribution in [3.05, 3.63) is 117 Å². The molecule has 256 valence electrons. The zero-order valence-electron chi connectivity index (χ0n) is 28.8. The van der Waals surface area contributed by atoms with E-state index in [9.17, 15) is 24.9 Å². The molecule has 2 aliphatic rings. The van der Waals surface area contributed by atoms with Crippen LogP contribution in [-0.2, 0) is 40.0 Å². The van der Waals surface area contributed by atoms with E-state index in [1.807, 2.05) is 60.7 Å². The van der Waals surface area contributed by atoms with Gasteiger partial charge in [-0.15, -0.1) is 0 Å². The topological polar surface area (TPSA) is 132 Å². The summed E-state index contributed by atoms with van der Waals surface area (Å²) in [5, 5.41) is 25.0. The molecule has 0 unspecified atom stereocenters. The molecular weight excluding hydrogens is 624 g/mol. The monoisotopic (exact) mass is 668 g/mol. The number of carbonyl (C=O) groups excluding carboxylic acids is 3. The Morgan fingerprint density at radius 3 is 1.46 bits per heavy atom. The van der Waals surface area contributed by atoms with Crippen LogP contribution in [0.3, 0.4) is 0 Å². The van der Waals surface area contributed by atoms with Gasteiger partial charge in [-0.3, -0.25) is 9.59 Å². The maximum absolute atomic E-state index is 12.8. The largest absolute Gasteiger partial charge is 0.465 e. The van der Waals surface area contributed by atoms with Crippen LogP contribution in [0.4, 0.5) is 11.4 Å². The lowest BCUT2D eigenvalue weighted by Gasteiger charge is -2.16. The number of hydrogen-bond acceptors (Lipinski definition) is 6. The smallest absolute Gasteiger partial charge is 0.337 e. The van der Waals surface area contributed by atoms with E-state index in [1.165, 1.54) is 7.11 Å². The van der Waals surface area contributed by atoms with E-state index in [2.05, 4.69) is 22.8 Å². The van der Waals surface area contributed by atoms with Crippen molar-refractivity contribution in [2.45, 2.75) is 89.9 Å². The van der Waals surface area contributed by atoms with Crippen LogP contribution in [0.5, 0.6) is 0 Å². The highest BCUT2D eigenvalue weighted by molar-refractivity contribution is 6.07. The number of nitriles is 2. The van der Waals surface area contributed by atoms with E-state index in [-0.39, 0.29) is 28.9 Å². The number of benzene rings is 3. The predicted octanol–water partition coefficient (Wildman–Crippen LogP) is 8.49. The number of anilines is 2. The highest BCUT2D eigenvalue weighted by Gasteiger charge is 2.19. The number of esters is 1. The van der Waals surface area contributed by atoms with Gasteiger partial charge in [-0.05, 0) is 147 Å². The van der Waals surface area contributed by atoms with Gasteiger partial charge in [-0.1, -0.05) is 43.2 Å². The fraction of sp³-hybridized carbons (Fsp3) is 0.357. The van der Waals surface area contributed by atoms with Crippen LogP contribution in [0.1, 0.15) is 96.8 Å². The number of carbonyl (C=O) groups is 3. The molecule has 2 amide bonds. The minimum Gasteiger partial charge on any atom is -0.465 e. The molecule has 50 heavy (non-hydrogen) atoms. The van der Waals surface area contributed by atoms with E-state index in [0.717, 1.165) is 117 Å². The Morgan fingerprint density at radius 2 is 1.04 bits per heavy atom. The van der Waals surface area contributed by atoms with Gasteiger partial charge in [0.15, 0.2) is 0 Å². The minimum atomic E-state index is -0.380. The van der Waals surface area contributed by atoms with Crippen LogP contribution in [0.15, 0.2) is 89.0 Å². The highest BCUT2D eigenvalue weighted by atomic mass is 16.5. The van der Waals surface area contributed by atoms with Crippen LogP contribution in [-0.4, -0.2) is 24.9 Å². The standard InChI is InChI=1S/C42H44N4O4/c1-50-42(49)35-21-20-31(18-12-29-14-22-36(23-15-29)45-40(47)38(27-43)32-8-4-2-5-9-32)34(26-35)19-13-30-16-24-37(25-17-30)46-41(48)39(28-44)33-10-6-3-7-11-33/h14-17,20-26H,2-13,18-19H2,1H3,(H,45,47)(H,46,48). The molecule has 3 aromatic carbocycles. The summed E-state index contributed by atoms with van der Waals surface area (Å²) in [7, 11) is 1.38. The summed E-state index contributed by atoms with van der Waals surface area (Å²) in [6, 6.07) is 25.3. The molecule has 0 saturated heterocycles. The SMILES string of the molecule is COC(=O)c1ccc(CCc2ccc(NC(=O)C(C#N)=C3CCCCC3)cc2)c(CCc2ccc(NC(=O)C(C#N)=C3CCCCC3)cc2)c1. The summed E-state index contributed by atoms with van der Waals surface area (Å²) in [6.07, 6.45) is 12.6. The van der Waals surface area contributed by atoms with Crippen molar-refractivity contribution in [1.29, 1.82) is 10.5 Å². The second kappa shape index (κ2) is 17.8. The molecule has 0 radical (unpaired) electrons. The molecule has 0 aromatic heterocycles. The first-order valence-corrected chi connectivity index (χ1v) is 17.6. The number of hydrogen-bond donors (Lipinski definition) is 2. The molecular formula is C42H44N4O4. The van der Waals surface area contributed by atoms with Gasteiger partial charge in [0, 0.05) is 11.4 Å². The van der Waals surface area contributed by atoms with E-state index in [0.29, 0.717) is 23.4 Å². The third-order valence-electron chi connectivity index (χ3n) is 9.72. The number of methoxy groups -OCH3 is 1. The fourth-order valence-electron chi connectivity index (χ4n) is 6.84. The number of nitrogens with zero attached hydrogens (tertiary/aromatic N) is 2. The molecule has 0 spiro atoms. The molecule has 0 atom stereocenters. The summed E-state index contributed by atoms with van der Waals surface area (Å²) >= 11 is 0. The van der Waals surface area contributed by atoms with Crippen LogP contribution < -0.4 is 10.6 Å². The Balaban J connectivity index is 1.21. The predicted molar refractivity (Wildman–Crippen MR) is 194 cm³/mol. The van der Waals surface area contributed by atoms with Crippen molar-refractivity contribution in [1.82, 2.24) is 0 Å². The Hall–Kier alpha value is -5.47. The number of allylic oxidation sites excluding steroid dienone is 2. The minimum absolute atomic E-state index is 0.242. The average Bonchev–Trinajstić information content (AvgIpc) is 3.15. The van der Waals surface area contributed by atoms with E-state index < -0.39 is 0 Å². The number of nitrogens with one attached hydrogen (secondary N) is 2. The van der Waals surface area contributed by atoms with Gasteiger partial charge in [0.05, 0.1) is 12.7 Å². The second-order valence-corrected chi connectivity index (χ2v) is 13.1. The Morgan fingerprint density at radius 1 is 0.600 bits per heavy atom. The molecule has 8 heteroatoms. The summed E-state index contributed by atoms with van der Waals surface area (Å²) < 4.78 is 4.98. The van der Waals surface area contributed by atoms with Crippen molar-refractivity contribution in [3.63, 3.8) is 0 Å². The summed E-state index contributed by atoms with van der Waals surface area (Å²) in [4.78, 5) is 38.0. The van der Waals surface area contributed by atoms with E-state index in [1.54, 1.807) is 6.07 Å². The fourth-order valence-corrected chi connectivity index (χ4v) is 6.84. The number of ether oxygens (including phenoxy) is 1. The van der Waals surface area contributed by atoms with E-state index in [4.69, 9.17) is 4.74 Å². The van der Waals surface area contributed by atoms with Gasteiger partial charge in [0.1, 0.15) is 23.3 Å². The van der Waals surface area contributed by atoms with Crippen molar-refractivity contribution >= 4 is 29.2 Å². The van der Waals surface area contributed by atoms with Crippen LogP contribution in [0.2, 0.25) is 0 Å². The average molecular weight is 669 g/mol. The normalized spacial score (nSPS) is 14.1. The van der Waals surface area contributed by atoms with Gasteiger partial charge in [0.25, 0.3) is 11.8 Å². The Labute approximate surface area is 294 Å². The lowest BCUT2D eigenvalue weighted by Crippen LogP contribution is -2.16. The molecule has 0 heterocycles. The van der Waals surface area contributed by atoms with Gasteiger partial charge >= 0.3 is 5.97 Å². The molecule has 3 aromatic rings. The van der Waals surface area contributed by atoms with Gasteiger partial charge < -0.3 is 15.4 Å². The maximum Gasteiger partial charge on any atom is 0.337 e. The zero-order valence-corrected chi connectivity index (χ0v) is 28.8. The first-order chi connectivity index (χ1) is 24.4. The lowest BCUT2D eigenvalue weighted by molar-refractivity contribution is -0.113. The quantitative estimate of drug-likeness (QED) is 0.120. The molecule has 2 aliphatic carbocycles. The lowest BCUT2D eigenvalue weighted by atomic mass is 9.91. The van der Waals surface area contributed by atoms with Gasteiger partial charge in [-0.25, -0.2) is 4.79 Å². The van der Waals surface area contributed by atoms with Crippen molar-refractivity contribution < 1.29 is 19.1 Å². The zero-order chi connectivity index (χ0) is 35.3. The van der Waals surface area contributed by atoms with Crippen molar-refractivity contribution in [2.75, 3.05) is 17.7 Å². The summed E-state index contributed by atoms with van der Waals surface area (Å²) in [5.41, 5.74) is 8.60. The number of aryl methyl sites for hydroxylation is 4. The molecule has 2 fully saturated rings. The third-order valence-corrected chi connectivity index (χ3v) is 9.72. The second-order valence-electron chi connectivity index (χ2n) is 13.1. The Bertz CT molecular complexity index is 1840. The maximum atomic E-state index is 12.8. The Kier molecular flexibility index (Phi) is 12.7. The van der Waals surface area contributed by atoms with E-state index >= 15 is 0 Å². The molecule has 8 nitrogen and oxygen atoms in total. The van der Waals surface area contributed by atoms with Crippen LogP contribution in [0, 0.1) is 22.7 Å². The molecule has 0 bridgehead atoms. The highest BCUT2D eigenvalue weighted by Crippen LogP contribution is 2.28. The molecule has 5 rings (SSSR count). The van der Waals surface area contributed by atoms with Gasteiger partial charge in [0.2, 0.25) is 0 Å².